The van der Waals surface area contributed by atoms with Crippen molar-refractivity contribution in [2.75, 3.05) is 13.1 Å². The lowest BCUT2D eigenvalue weighted by Gasteiger charge is -2.31. The Bertz CT molecular complexity index is 521. The van der Waals surface area contributed by atoms with Crippen LogP contribution in [0.15, 0.2) is 24.3 Å². The predicted molar refractivity (Wildman–Crippen MR) is 72.4 cm³/mol. The van der Waals surface area contributed by atoms with Crippen LogP contribution >= 0.6 is 23.2 Å². The highest BCUT2D eigenvalue weighted by atomic mass is 35.5. The van der Waals surface area contributed by atoms with Gasteiger partial charge in [-0.05, 0) is 12.5 Å². The molecule has 0 amide bonds. The first-order valence-corrected chi connectivity index (χ1v) is 6.46. The number of nitrogens with one attached hydrogen (secondary N) is 1. The summed E-state index contributed by atoms with van der Waals surface area (Å²) in [6, 6.07) is 1.56. The Balaban J connectivity index is 2.17. The van der Waals surface area contributed by atoms with Crippen LogP contribution in [0.5, 0.6) is 0 Å². The molecule has 0 atom stereocenters. The van der Waals surface area contributed by atoms with E-state index in [1.165, 1.54) is 0 Å². The number of nitro groups is 1. The number of hydrogen-bond acceptors (Lipinski definition) is 5. The van der Waals surface area contributed by atoms with E-state index in [9.17, 15) is 10.1 Å². The molecule has 2 heterocycles. The van der Waals surface area contributed by atoms with Crippen molar-refractivity contribution in [1.82, 2.24) is 15.2 Å². The maximum Gasteiger partial charge on any atom is 0.274 e. The summed E-state index contributed by atoms with van der Waals surface area (Å²) >= 11 is 11.8. The Morgan fingerprint density at radius 1 is 1.58 bits per heavy atom. The Hall–Kier alpha value is -1.53. The van der Waals surface area contributed by atoms with Crippen molar-refractivity contribution in [2.24, 2.45) is 0 Å². The van der Waals surface area contributed by atoms with Gasteiger partial charge in [-0.2, -0.15) is 0 Å². The summed E-state index contributed by atoms with van der Waals surface area (Å²) in [6.07, 6.45) is 3.47. The summed E-state index contributed by atoms with van der Waals surface area (Å²) in [5, 5.41) is 14.4. The second kappa shape index (κ2) is 6.08. The van der Waals surface area contributed by atoms with Crippen LogP contribution in [0, 0.1) is 10.1 Å². The lowest BCUT2D eigenvalue weighted by atomic mass is 10.2. The number of hydrogen-bond donors (Lipinski definition) is 1. The fourth-order valence-corrected chi connectivity index (χ4v) is 2.29. The van der Waals surface area contributed by atoms with Crippen LogP contribution in [0.2, 0.25) is 10.2 Å². The quantitative estimate of drug-likeness (QED) is 0.527. The largest absolute Gasteiger partial charge is 0.367 e. The molecule has 1 N–H and O–H groups in total. The third-order valence-corrected chi connectivity index (χ3v) is 3.30. The van der Waals surface area contributed by atoms with Crippen molar-refractivity contribution >= 4 is 23.2 Å². The normalized spacial score (nSPS) is 17.4. The van der Waals surface area contributed by atoms with Crippen molar-refractivity contribution in [3.05, 3.63) is 50.1 Å². The number of pyridine rings is 1. The summed E-state index contributed by atoms with van der Waals surface area (Å²) in [5.74, 6) is 0.488. The highest BCUT2D eigenvalue weighted by molar-refractivity contribution is 6.34. The number of halogens is 2. The summed E-state index contributed by atoms with van der Waals surface area (Å²) < 4.78 is 0. The molecule has 1 saturated heterocycles. The Labute approximate surface area is 120 Å². The first-order chi connectivity index (χ1) is 9.06. The molecule has 0 aromatic carbocycles. The van der Waals surface area contributed by atoms with E-state index in [1.54, 1.807) is 12.3 Å². The Kier molecular flexibility index (Phi) is 4.44. The van der Waals surface area contributed by atoms with Gasteiger partial charge in [0.05, 0.1) is 9.95 Å². The summed E-state index contributed by atoms with van der Waals surface area (Å²) in [4.78, 5) is 16.0. The lowest BCUT2D eigenvalue weighted by molar-refractivity contribution is -0.405. The van der Waals surface area contributed by atoms with Crippen molar-refractivity contribution in [3.8, 4) is 0 Å². The molecule has 8 heteroatoms. The highest BCUT2D eigenvalue weighted by Crippen LogP contribution is 2.22. The second-order valence-corrected chi connectivity index (χ2v) is 4.89. The monoisotopic (exact) mass is 302 g/mol. The zero-order chi connectivity index (χ0) is 13.8. The van der Waals surface area contributed by atoms with Gasteiger partial charge in [0, 0.05) is 31.4 Å². The van der Waals surface area contributed by atoms with Crippen LogP contribution in [0.3, 0.4) is 0 Å². The van der Waals surface area contributed by atoms with E-state index in [1.807, 2.05) is 4.90 Å². The molecule has 1 aliphatic heterocycles. The molecule has 1 aromatic rings. The Morgan fingerprint density at radius 3 is 3.05 bits per heavy atom. The van der Waals surface area contributed by atoms with E-state index >= 15 is 0 Å². The van der Waals surface area contributed by atoms with Crippen LogP contribution in [-0.4, -0.2) is 27.9 Å². The van der Waals surface area contributed by atoms with Gasteiger partial charge in [-0.25, -0.2) is 4.98 Å². The second-order valence-electron chi connectivity index (χ2n) is 4.10. The average Bonchev–Trinajstić information content (AvgIpc) is 2.34. The van der Waals surface area contributed by atoms with Gasteiger partial charge < -0.3 is 10.2 Å². The first kappa shape index (κ1) is 13.9. The smallest absolute Gasteiger partial charge is 0.274 e. The van der Waals surface area contributed by atoms with E-state index < -0.39 is 4.92 Å². The summed E-state index contributed by atoms with van der Waals surface area (Å²) in [5.41, 5.74) is 0.781. The van der Waals surface area contributed by atoms with Gasteiger partial charge in [-0.3, -0.25) is 10.1 Å². The van der Waals surface area contributed by atoms with Gasteiger partial charge in [0.2, 0.25) is 0 Å². The number of aromatic nitrogens is 1. The molecule has 0 unspecified atom stereocenters. The third-order valence-electron chi connectivity index (χ3n) is 2.74. The molecular formula is C11H12Cl2N4O2. The molecule has 0 saturated carbocycles. The van der Waals surface area contributed by atoms with Gasteiger partial charge in [0.15, 0.2) is 5.82 Å². The molecule has 0 radical (unpaired) electrons. The van der Waals surface area contributed by atoms with Crippen molar-refractivity contribution < 1.29 is 4.92 Å². The fraction of sp³-hybridized carbons (Fsp3) is 0.364. The minimum Gasteiger partial charge on any atom is -0.367 e. The van der Waals surface area contributed by atoms with Crippen molar-refractivity contribution in [1.29, 1.82) is 0 Å². The molecule has 1 aliphatic rings. The first-order valence-electron chi connectivity index (χ1n) is 5.70. The third kappa shape index (κ3) is 3.71. The van der Waals surface area contributed by atoms with Crippen molar-refractivity contribution in [3.63, 3.8) is 0 Å². The maximum absolute atomic E-state index is 10.6. The molecule has 2 rings (SSSR count). The standard InChI is InChI=1S/C11H12Cl2N4O2/c12-9-4-10(13)15-5-8(9)6-16-3-1-2-14-11(16)7-17(18)19/h4-5,7,14H,1-3,6H2. The van der Waals surface area contributed by atoms with Crippen LogP contribution in [0.1, 0.15) is 12.0 Å². The van der Waals surface area contributed by atoms with Crippen LogP contribution in [0.25, 0.3) is 0 Å². The van der Waals surface area contributed by atoms with Crippen LogP contribution in [-0.2, 0) is 6.54 Å². The van der Waals surface area contributed by atoms with E-state index in [-0.39, 0.29) is 0 Å². The van der Waals surface area contributed by atoms with Crippen molar-refractivity contribution in [2.45, 2.75) is 13.0 Å². The molecule has 19 heavy (non-hydrogen) atoms. The molecule has 1 aromatic heterocycles. The SMILES string of the molecule is O=[N+]([O-])C=C1NCCCN1Cc1cnc(Cl)cc1Cl. The number of rotatable bonds is 3. The zero-order valence-corrected chi connectivity index (χ0v) is 11.5. The molecule has 6 nitrogen and oxygen atoms in total. The molecular weight excluding hydrogens is 291 g/mol. The molecule has 0 bridgehead atoms. The lowest BCUT2D eigenvalue weighted by Crippen LogP contribution is -2.39. The fourth-order valence-electron chi connectivity index (χ4n) is 1.87. The van der Waals surface area contributed by atoms with Gasteiger partial charge >= 0.3 is 0 Å². The van der Waals surface area contributed by atoms with E-state index in [4.69, 9.17) is 23.2 Å². The summed E-state index contributed by atoms with van der Waals surface area (Å²) in [7, 11) is 0. The number of nitrogens with zero attached hydrogens (tertiary/aromatic N) is 3. The average molecular weight is 303 g/mol. The maximum atomic E-state index is 10.6. The van der Waals surface area contributed by atoms with Crippen LogP contribution < -0.4 is 5.32 Å². The molecule has 0 aliphatic carbocycles. The van der Waals surface area contributed by atoms with Gasteiger partial charge in [-0.15, -0.1) is 0 Å². The molecule has 0 spiro atoms. The van der Waals surface area contributed by atoms with E-state index in [2.05, 4.69) is 10.3 Å². The molecule has 1 fully saturated rings. The molecule has 102 valence electrons. The van der Waals surface area contributed by atoms with Crippen LogP contribution in [0.4, 0.5) is 0 Å². The zero-order valence-electron chi connectivity index (χ0n) is 9.97. The minimum absolute atomic E-state index is 0.326. The predicted octanol–water partition coefficient (Wildman–Crippen LogP) is 2.26. The minimum atomic E-state index is -0.470. The topological polar surface area (TPSA) is 71.3 Å². The van der Waals surface area contributed by atoms with Gasteiger partial charge in [0.1, 0.15) is 5.15 Å². The van der Waals surface area contributed by atoms with E-state index in [0.29, 0.717) is 22.5 Å². The summed E-state index contributed by atoms with van der Waals surface area (Å²) in [6.45, 7) is 1.91. The van der Waals surface area contributed by atoms with Gasteiger partial charge in [0.25, 0.3) is 6.20 Å². The van der Waals surface area contributed by atoms with Gasteiger partial charge in [-0.1, -0.05) is 23.2 Å². The Morgan fingerprint density at radius 2 is 2.37 bits per heavy atom. The van der Waals surface area contributed by atoms with E-state index in [0.717, 1.165) is 31.3 Å². The highest BCUT2D eigenvalue weighted by Gasteiger charge is 2.18.